The average molecular weight is 400 g/mol. The minimum Gasteiger partial charge on any atom is -0.497 e. The number of nitrogens with zero attached hydrogens (tertiary/aromatic N) is 1. The van der Waals surface area contributed by atoms with E-state index in [4.69, 9.17) is 9.47 Å². The van der Waals surface area contributed by atoms with Gasteiger partial charge in [0.25, 0.3) is 0 Å². The van der Waals surface area contributed by atoms with Crippen LogP contribution in [0, 0.1) is 12.8 Å². The van der Waals surface area contributed by atoms with Gasteiger partial charge in [-0.25, -0.2) is 8.42 Å². The third-order valence-electron chi connectivity index (χ3n) is 5.69. The van der Waals surface area contributed by atoms with Crippen LogP contribution in [-0.2, 0) is 14.8 Å². The molecule has 3 atom stereocenters. The van der Waals surface area contributed by atoms with Gasteiger partial charge in [-0.05, 0) is 43.2 Å². The second-order valence-corrected chi connectivity index (χ2v) is 9.48. The van der Waals surface area contributed by atoms with Crippen molar-refractivity contribution in [2.75, 3.05) is 20.2 Å². The van der Waals surface area contributed by atoms with E-state index in [-0.39, 0.29) is 18.1 Å². The van der Waals surface area contributed by atoms with Crippen LogP contribution >= 0.6 is 0 Å². The largest absolute Gasteiger partial charge is 0.497 e. The third-order valence-corrected chi connectivity index (χ3v) is 7.54. The number of sulfonamides is 1. The SMILES string of the molecule is C=C1CC(c2ccc(OC)cc2)OC2CN(S(=O)(=O)c3ccc(C)cc3)CC12. The summed E-state index contributed by atoms with van der Waals surface area (Å²) in [6.07, 6.45) is 0.418. The van der Waals surface area contributed by atoms with Crippen LogP contribution in [0.3, 0.4) is 0 Å². The van der Waals surface area contributed by atoms with Crippen LogP contribution < -0.4 is 4.74 Å². The Morgan fingerprint density at radius 2 is 1.75 bits per heavy atom. The highest BCUT2D eigenvalue weighted by atomic mass is 32.2. The minimum absolute atomic E-state index is 0.0368. The first-order chi connectivity index (χ1) is 13.4. The first-order valence-electron chi connectivity index (χ1n) is 9.42. The van der Waals surface area contributed by atoms with Gasteiger partial charge in [-0.3, -0.25) is 0 Å². The van der Waals surface area contributed by atoms with E-state index < -0.39 is 10.0 Å². The van der Waals surface area contributed by atoms with Crippen molar-refractivity contribution >= 4 is 10.0 Å². The van der Waals surface area contributed by atoms with E-state index in [1.807, 2.05) is 43.3 Å². The summed E-state index contributed by atoms with van der Waals surface area (Å²) in [4.78, 5) is 0.328. The van der Waals surface area contributed by atoms with Crippen molar-refractivity contribution in [1.29, 1.82) is 0 Å². The van der Waals surface area contributed by atoms with E-state index in [0.29, 0.717) is 24.4 Å². The number of hydrogen-bond acceptors (Lipinski definition) is 4. The highest BCUT2D eigenvalue weighted by molar-refractivity contribution is 7.89. The summed E-state index contributed by atoms with van der Waals surface area (Å²) in [6.45, 7) is 6.96. The van der Waals surface area contributed by atoms with Crippen molar-refractivity contribution in [2.24, 2.45) is 5.92 Å². The Morgan fingerprint density at radius 3 is 2.39 bits per heavy atom. The van der Waals surface area contributed by atoms with Gasteiger partial charge >= 0.3 is 0 Å². The van der Waals surface area contributed by atoms with Gasteiger partial charge in [-0.15, -0.1) is 0 Å². The first-order valence-corrected chi connectivity index (χ1v) is 10.9. The topological polar surface area (TPSA) is 55.8 Å². The van der Waals surface area contributed by atoms with Crippen molar-refractivity contribution in [2.45, 2.75) is 30.4 Å². The van der Waals surface area contributed by atoms with Crippen LogP contribution in [0.25, 0.3) is 0 Å². The molecule has 2 aliphatic rings. The van der Waals surface area contributed by atoms with Gasteiger partial charge in [0.1, 0.15) is 5.75 Å². The van der Waals surface area contributed by atoms with Gasteiger partial charge in [-0.1, -0.05) is 42.0 Å². The molecule has 0 N–H and O–H groups in total. The molecule has 0 radical (unpaired) electrons. The molecule has 4 rings (SSSR count). The molecule has 0 bridgehead atoms. The maximum atomic E-state index is 13.0. The molecule has 0 aromatic heterocycles. The molecule has 3 unspecified atom stereocenters. The zero-order valence-corrected chi connectivity index (χ0v) is 17.0. The van der Waals surface area contributed by atoms with Crippen molar-refractivity contribution in [3.05, 3.63) is 71.8 Å². The smallest absolute Gasteiger partial charge is 0.243 e. The van der Waals surface area contributed by atoms with Gasteiger partial charge in [0.05, 0.1) is 24.2 Å². The molecule has 0 spiro atoms. The molecule has 2 saturated heterocycles. The number of hydrogen-bond donors (Lipinski definition) is 0. The Balaban J connectivity index is 1.53. The average Bonchev–Trinajstić information content (AvgIpc) is 3.14. The first kappa shape index (κ1) is 19.2. The fourth-order valence-electron chi connectivity index (χ4n) is 3.99. The third kappa shape index (κ3) is 3.48. The van der Waals surface area contributed by atoms with Crippen molar-refractivity contribution < 1.29 is 17.9 Å². The zero-order valence-electron chi connectivity index (χ0n) is 16.2. The highest BCUT2D eigenvalue weighted by Crippen LogP contribution is 2.42. The lowest BCUT2D eigenvalue weighted by Gasteiger charge is -2.33. The lowest BCUT2D eigenvalue weighted by atomic mass is 9.87. The van der Waals surface area contributed by atoms with Gasteiger partial charge in [0.15, 0.2) is 0 Å². The molecule has 2 aliphatic heterocycles. The molecule has 5 nitrogen and oxygen atoms in total. The molecular weight excluding hydrogens is 374 g/mol. The summed E-state index contributed by atoms with van der Waals surface area (Å²) in [5, 5.41) is 0. The summed E-state index contributed by atoms with van der Waals surface area (Å²) >= 11 is 0. The molecule has 2 fully saturated rings. The molecule has 148 valence electrons. The van der Waals surface area contributed by atoms with Crippen LogP contribution in [0.15, 0.2) is 65.6 Å². The van der Waals surface area contributed by atoms with E-state index in [2.05, 4.69) is 6.58 Å². The number of benzene rings is 2. The van der Waals surface area contributed by atoms with Gasteiger partial charge in [-0.2, -0.15) is 4.31 Å². The number of ether oxygens (including phenoxy) is 2. The fourth-order valence-corrected chi connectivity index (χ4v) is 5.47. The van der Waals surface area contributed by atoms with E-state index in [9.17, 15) is 8.42 Å². The second kappa shape index (κ2) is 7.35. The predicted molar refractivity (Wildman–Crippen MR) is 108 cm³/mol. The van der Waals surface area contributed by atoms with Crippen LogP contribution in [0.4, 0.5) is 0 Å². The molecule has 6 heteroatoms. The van der Waals surface area contributed by atoms with E-state index >= 15 is 0 Å². The minimum atomic E-state index is -3.53. The number of aryl methyl sites for hydroxylation is 1. The Kier molecular flexibility index (Phi) is 5.04. The van der Waals surface area contributed by atoms with E-state index in [0.717, 1.165) is 22.4 Å². The molecule has 2 heterocycles. The molecule has 28 heavy (non-hydrogen) atoms. The maximum Gasteiger partial charge on any atom is 0.243 e. The second-order valence-electron chi connectivity index (χ2n) is 7.54. The lowest BCUT2D eigenvalue weighted by Crippen LogP contribution is -2.32. The summed E-state index contributed by atoms with van der Waals surface area (Å²) < 4.78 is 39.2. The van der Waals surface area contributed by atoms with Crippen molar-refractivity contribution in [3.63, 3.8) is 0 Å². The van der Waals surface area contributed by atoms with Gasteiger partial charge in [0.2, 0.25) is 10.0 Å². The predicted octanol–water partition coefficient (Wildman–Crippen LogP) is 3.71. The molecule has 0 aliphatic carbocycles. The highest BCUT2D eigenvalue weighted by Gasteiger charge is 2.45. The van der Waals surface area contributed by atoms with Gasteiger partial charge in [0, 0.05) is 19.0 Å². The van der Waals surface area contributed by atoms with E-state index in [1.165, 1.54) is 4.31 Å². The summed E-state index contributed by atoms with van der Waals surface area (Å²) in [7, 11) is -1.89. The lowest BCUT2D eigenvalue weighted by molar-refractivity contribution is -0.0421. The maximum absolute atomic E-state index is 13.0. The Morgan fingerprint density at radius 1 is 1.07 bits per heavy atom. The van der Waals surface area contributed by atoms with E-state index in [1.54, 1.807) is 19.2 Å². The molecule has 2 aromatic rings. The van der Waals surface area contributed by atoms with Crippen LogP contribution in [-0.4, -0.2) is 39.0 Å². The molecule has 2 aromatic carbocycles. The quantitative estimate of drug-likeness (QED) is 0.736. The van der Waals surface area contributed by atoms with Crippen LogP contribution in [0.5, 0.6) is 5.75 Å². The van der Waals surface area contributed by atoms with Crippen LogP contribution in [0.2, 0.25) is 0 Å². The molecular formula is C22H25NO4S. The van der Waals surface area contributed by atoms with Crippen molar-refractivity contribution in [3.8, 4) is 5.75 Å². The Hall–Kier alpha value is -2.15. The standard InChI is InChI=1S/C22H25NO4S/c1-15-4-10-19(11-5-15)28(24,25)23-13-20-16(2)12-21(27-22(20)14-23)17-6-8-18(26-3)9-7-17/h4-11,20-22H,2,12-14H2,1,3H3. The summed E-state index contributed by atoms with van der Waals surface area (Å²) in [5.74, 6) is 0.835. The summed E-state index contributed by atoms with van der Waals surface area (Å²) in [5.41, 5.74) is 3.15. The van der Waals surface area contributed by atoms with Gasteiger partial charge < -0.3 is 9.47 Å². The number of rotatable bonds is 4. The Labute approximate surface area is 166 Å². The monoisotopic (exact) mass is 399 g/mol. The fraction of sp³-hybridized carbons (Fsp3) is 0.364. The normalized spacial score (nSPS) is 25.5. The van der Waals surface area contributed by atoms with Crippen LogP contribution in [0.1, 0.15) is 23.7 Å². The number of fused-ring (bicyclic) bond motifs is 1. The zero-order chi connectivity index (χ0) is 19.9. The number of methoxy groups -OCH3 is 1. The molecule has 0 saturated carbocycles. The van der Waals surface area contributed by atoms with Crippen molar-refractivity contribution in [1.82, 2.24) is 4.31 Å². The molecule has 0 amide bonds. The summed E-state index contributed by atoms with van der Waals surface area (Å²) in [6, 6.07) is 14.8. The Bertz CT molecular complexity index is 967.